The quantitative estimate of drug-likeness (QED) is 0.650. The molecule has 0 aromatic heterocycles. The second-order valence-electron chi connectivity index (χ2n) is 4.58. The first-order valence-electron chi connectivity index (χ1n) is 5.92. The molecular formula is C11H22O8S. The van der Waals surface area contributed by atoms with Gasteiger partial charge in [0.1, 0.15) is 18.3 Å². The van der Waals surface area contributed by atoms with Crippen molar-refractivity contribution in [2.45, 2.75) is 29.5 Å². The summed E-state index contributed by atoms with van der Waals surface area (Å²) in [6.45, 7) is 0.137. The minimum Gasteiger partial charge on any atom is -0.382 e. The van der Waals surface area contributed by atoms with Gasteiger partial charge in [-0.25, -0.2) is 8.42 Å². The zero-order valence-electron chi connectivity index (χ0n) is 12.2. The van der Waals surface area contributed by atoms with Crippen molar-refractivity contribution in [1.29, 1.82) is 0 Å². The van der Waals surface area contributed by atoms with Crippen LogP contribution < -0.4 is 0 Å². The van der Waals surface area contributed by atoms with Crippen LogP contribution in [0.2, 0.25) is 0 Å². The molecule has 0 unspecified atom stereocenters. The molecule has 1 aliphatic rings. The van der Waals surface area contributed by atoms with Crippen LogP contribution in [0, 0.1) is 0 Å². The van der Waals surface area contributed by atoms with Crippen LogP contribution in [0.5, 0.6) is 0 Å². The van der Waals surface area contributed by atoms with Crippen molar-refractivity contribution in [1.82, 2.24) is 0 Å². The van der Waals surface area contributed by atoms with Crippen LogP contribution >= 0.6 is 0 Å². The molecule has 1 fully saturated rings. The lowest BCUT2D eigenvalue weighted by Gasteiger charge is -2.48. The SMILES string of the molecule is COC[C@H]1O[C@@H](OC)[C@@](O)(S(C)(=O)=O)[C@@H](OC)[C@H]1OC. The minimum absolute atomic E-state index is 0.137. The van der Waals surface area contributed by atoms with Crippen LogP contribution in [0.3, 0.4) is 0 Å². The van der Waals surface area contributed by atoms with Gasteiger partial charge in [-0.1, -0.05) is 0 Å². The lowest BCUT2D eigenvalue weighted by molar-refractivity contribution is -0.316. The Bertz CT molecular complexity index is 411. The molecule has 1 saturated heterocycles. The van der Waals surface area contributed by atoms with Crippen molar-refractivity contribution in [3.8, 4) is 0 Å². The second kappa shape index (κ2) is 6.65. The molecule has 20 heavy (non-hydrogen) atoms. The van der Waals surface area contributed by atoms with Crippen LogP contribution in [0.4, 0.5) is 0 Å². The molecule has 1 N–H and O–H groups in total. The maximum Gasteiger partial charge on any atom is 0.245 e. The summed E-state index contributed by atoms with van der Waals surface area (Å²) in [5.41, 5.74) is 0. The Morgan fingerprint density at radius 1 is 1.15 bits per heavy atom. The molecule has 0 spiro atoms. The average Bonchev–Trinajstić information content (AvgIpc) is 2.38. The van der Waals surface area contributed by atoms with Gasteiger partial charge in [-0.2, -0.15) is 0 Å². The maximum atomic E-state index is 12.0. The van der Waals surface area contributed by atoms with E-state index in [-0.39, 0.29) is 6.61 Å². The van der Waals surface area contributed by atoms with E-state index in [0.717, 1.165) is 6.26 Å². The molecule has 0 radical (unpaired) electrons. The van der Waals surface area contributed by atoms with Gasteiger partial charge in [0.15, 0.2) is 9.84 Å². The number of rotatable bonds is 6. The first kappa shape index (κ1) is 17.8. The highest BCUT2D eigenvalue weighted by Gasteiger charge is 2.63. The molecule has 0 aromatic carbocycles. The average molecular weight is 314 g/mol. The molecular weight excluding hydrogens is 292 g/mol. The fraction of sp³-hybridized carbons (Fsp3) is 1.00. The zero-order valence-corrected chi connectivity index (χ0v) is 13.0. The molecule has 0 aliphatic carbocycles. The smallest absolute Gasteiger partial charge is 0.245 e. The Hall–Kier alpha value is -0.290. The Morgan fingerprint density at radius 3 is 2.10 bits per heavy atom. The minimum atomic E-state index is -3.97. The second-order valence-corrected chi connectivity index (χ2v) is 6.78. The molecule has 120 valence electrons. The lowest BCUT2D eigenvalue weighted by Crippen LogP contribution is -2.70. The third-order valence-corrected chi connectivity index (χ3v) is 4.99. The summed E-state index contributed by atoms with van der Waals surface area (Å²) in [6.07, 6.45) is -3.17. The number of hydrogen-bond donors (Lipinski definition) is 1. The monoisotopic (exact) mass is 314 g/mol. The van der Waals surface area contributed by atoms with E-state index in [0.29, 0.717) is 0 Å². The number of sulfone groups is 1. The van der Waals surface area contributed by atoms with Crippen molar-refractivity contribution in [2.24, 2.45) is 0 Å². The van der Waals surface area contributed by atoms with Crippen molar-refractivity contribution >= 4 is 9.84 Å². The van der Waals surface area contributed by atoms with Gasteiger partial charge >= 0.3 is 0 Å². The summed E-state index contributed by atoms with van der Waals surface area (Å²) in [5, 5.41) is 10.6. The molecule has 0 bridgehead atoms. The topological polar surface area (TPSA) is 101 Å². The summed E-state index contributed by atoms with van der Waals surface area (Å²) in [4.78, 5) is -2.37. The van der Waals surface area contributed by atoms with Gasteiger partial charge < -0.3 is 28.8 Å². The summed E-state index contributed by atoms with van der Waals surface area (Å²) >= 11 is 0. The summed E-state index contributed by atoms with van der Waals surface area (Å²) in [7, 11) is 1.40. The van der Waals surface area contributed by atoms with Crippen LogP contribution in [0.25, 0.3) is 0 Å². The summed E-state index contributed by atoms with van der Waals surface area (Å²) in [6, 6.07) is 0. The van der Waals surface area contributed by atoms with Gasteiger partial charge in [0.2, 0.25) is 11.2 Å². The normalized spacial score (nSPS) is 38.9. The van der Waals surface area contributed by atoms with Crippen molar-refractivity contribution < 1.29 is 37.2 Å². The molecule has 8 nitrogen and oxygen atoms in total. The first-order chi connectivity index (χ1) is 9.27. The van der Waals surface area contributed by atoms with E-state index in [9.17, 15) is 13.5 Å². The van der Waals surface area contributed by atoms with Crippen LogP contribution in [-0.2, 0) is 33.5 Å². The van der Waals surface area contributed by atoms with E-state index in [2.05, 4.69) is 0 Å². The van der Waals surface area contributed by atoms with E-state index in [1.807, 2.05) is 0 Å². The third-order valence-electron chi connectivity index (χ3n) is 3.37. The van der Waals surface area contributed by atoms with Crippen LogP contribution in [0.1, 0.15) is 0 Å². The van der Waals surface area contributed by atoms with Crippen LogP contribution in [-0.4, -0.2) is 84.4 Å². The van der Waals surface area contributed by atoms with Crippen molar-refractivity contribution in [3.63, 3.8) is 0 Å². The van der Waals surface area contributed by atoms with Crippen molar-refractivity contribution in [2.75, 3.05) is 41.3 Å². The Labute approximate surface area is 118 Å². The number of ether oxygens (including phenoxy) is 5. The number of methoxy groups -OCH3 is 4. The molecule has 0 saturated carbocycles. The van der Waals surface area contributed by atoms with E-state index in [1.54, 1.807) is 0 Å². The number of hydrogen-bond acceptors (Lipinski definition) is 8. The Kier molecular flexibility index (Phi) is 5.90. The van der Waals surface area contributed by atoms with E-state index < -0.39 is 39.4 Å². The van der Waals surface area contributed by atoms with E-state index in [1.165, 1.54) is 28.4 Å². The summed E-state index contributed by atoms with van der Waals surface area (Å²) in [5.74, 6) is 0. The maximum absolute atomic E-state index is 12.0. The largest absolute Gasteiger partial charge is 0.382 e. The van der Waals surface area contributed by atoms with Gasteiger partial charge in [0.05, 0.1) is 6.61 Å². The van der Waals surface area contributed by atoms with Gasteiger partial charge in [-0.05, 0) is 0 Å². The highest BCUT2D eigenvalue weighted by atomic mass is 32.2. The molecule has 9 heteroatoms. The fourth-order valence-electron chi connectivity index (χ4n) is 2.39. The molecule has 1 rings (SSSR count). The predicted octanol–water partition coefficient (Wildman–Crippen LogP) is -1.23. The van der Waals surface area contributed by atoms with Gasteiger partial charge in [-0.15, -0.1) is 0 Å². The van der Waals surface area contributed by atoms with E-state index in [4.69, 9.17) is 23.7 Å². The lowest BCUT2D eigenvalue weighted by atomic mass is 9.98. The zero-order chi connectivity index (χ0) is 15.6. The highest BCUT2D eigenvalue weighted by Crippen LogP contribution is 2.37. The Morgan fingerprint density at radius 2 is 1.75 bits per heavy atom. The van der Waals surface area contributed by atoms with Gasteiger partial charge in [0.25, 0.3) is 0 Å². The molecule has 1 aliphatic heterocycles. The molecule has 1 heterocycles. The van der Waals surface area contributed by atoms with Crippen LogP contribution in [0.15, 0.2) is 0 Å². The molecule has 0 aromatic rings. The van der Waals surface area contributed by atoms with Crippen molar-refractivity contribution in [3.05, 3.63) is 0 Å². The molecule has 5 atom stereocenters. The highest BCUT2D eigenvalue weighted by molar-refractivity contribution is 7.92. The Balaban J connectivity index is 3.29. The predicted molar refractivity (Wildman–Crippen MR) is 68.9 cm³/mol. The first-order valence-corrected chi connectivity index (χ1v) is 7.81. The van der Waals surface area contributed by atoms with Gasteiger partial charge in [-0.3, -0.25) is 0 Å². The fourth-order valence-corrected chi connectivity index (χ4v) is 3.54. The summed E-state index contributed by atoms with van der Waals surface area (Å²) < 4.78 is 49.9. The van der Waals surface area contributed by atoms with E-state index >= 15 is 0 Å². The van der Waals surface area contributed by atoms with Gasteiger partial charge in [0, 0.05) is 34.7 Å². The number of aliphatic hydroxyl groups is 1. The standard InChI is InChI=1S/C11H22O8S/c1-15-6-7-8(16-2)9(17-3)11(12,20(5,13)14)10(18-4)19-7/h7-10,12H,6H2,1-5H3/t7-,8+,9+,10-,11+/m1/s1. The third kappa shape index (κ3) is 2.84. The molecule has 0 amide bonds.